The van der Waals surface area contributed by atoms with Crippen molar-refractivity contribution in [2.75, 3.05) is 5.32 Å². The third kappa shape index (κ3) is 4.41. The van der Waals surface area contributed by atoms with Gasteiger partial charge in [-0.2, -0.15) is 0 Å². The minimum atomic E-state index is -0.854. The average Bonchev–Trinajstić information content (AvgIpc) is 2.80. The Labute approximate surface area is 127 Å². The lowest BCUT2D eigenvalue weighted by atomic mass is 10.0. The number of halogens is 1. The van der Waals surface area contributed by atoms with Crippen molar-refractivity contribution in [3.8, 4) is 0 Å². The van der Waals surface area contributed by atoms with Crippen LogP contribution in [0, 0.1) is 0 Å². The smallest absolute Gasteiger partial charge is 0.335 e. The van der Waals surface area contributed by atoms with Crippen LogP contribution in [0.15, 0.2) is 18.2 Å². The molecule has 0 radical (unpaired) electrons. The van der Waals surface area contributed by atoms with Crippen LogP contribution < -0.4 is 5.32 Å². The third-order valence-corrected chi connectivity index (χ3v) is 3.84. The maximum atomic E-state index is 10.9. The van der Waals surface area contributed by atoms with Crippen molar-refractivity contribution in [3.63, 3.8) is 0 Å². The Bertz CT molecular complexity index is 448. The zero-order valence-electron chi connectivity index (χ0n) is 12.0. The Morgan fingerprint density at radius 3 is 2.75 bits per heavy atom. The van der Waals surface area contributed by atoms with Gasteiger partial charge in [0.1, 0.15) is 0 Å². The largest absolute Gasteiger partial charge is 0.478 e. The molecule has 112 valence electrons. The highest BCUT2D eigenvalue weighted by Crippen LogP contribution is 2.29. The SMILES string of the molecule is CCCCCCC[C@H]1Cc2ccc(C(=O)O)cc2N1.Cl. The molecule has 4 heteroatoms. The second-order valence-corrected chi connectivity index (χ2v) is 5.43. The molecule has 1 atom stereocenters. The van der Waals surface area contributed by atoms with E-state index in [-0.39, 0.29) is 12.4 Å². The number of hydrogen-bond donors (Lipinski definition) is 2. The molecule has 0 amide bonds. The van der Waals surface area contributed by atoms with Gasteiger partial charge in [-0.05, 0) is 30.5 Å². The van der Waals surface area contributed by atoms with E-state index in [1.807, 2.05) is 6.07 Å². The first-order valence-corrected chi connectivity index (χ1v) is 7.33. The molecule has 0 aliphatic carbocycles. The van der Waals surface area contributed by atoms with Crippen molar-refractivity contribution >= 4 is 24.1 Å². The van der Waals surface area contributed by atoms with Crippen molar-refractivity contribution in [2.45, 2.75) is 57.9 Å². The topological polar surface area (TPSA) is 49.3 Å². The number of carboxylic acid groups (broad SMARTS) is 1. The van der Waals surface area contributed by atoms with E-state index in [0.29, 0.717) is 11.6 Å². The summed E-state index contributed by atoms with van der Waals surface area (Å²) >= 11 is 0. The van der Waals surface area contributed by atoms with Crippen LogP contribution in [0.2, 0.25) is 0 Å². The molecule has 0 aromatic heterocycles. The summed E-state index contributed by atoms with van der Waals surface area (Å²) in [5.74, 6) is -0.854. The summed E-state index contributed by atoms with van der Waals surface area (Å²) in [4.78, 5) is 10.9. The third-order valence-electron chi connectivity index (χ3n) is 3.84. The quantitative estimate of drug-likeness (QED) is 0.728. The molecule has 0 unspecified atom stereocenters. The number of aromatic carboxylic acids is 1. The highest BCUT2D eigenvalue weighted by Gasteiger charge is 2.21. The van der Waals surface area contributed by atoms with Crippen LogP contribution in [0.1, 0.15) is 61.4 Å². The number of rotatable bonds is 7. The van der Waals surface area contributed by atoms with Crippen LogP contribution in [-0.2, 0) is 6.42 Å². The Morgan fingerprint density at radius 1 is 1.30 bits per heavy atom. The molecule has 0 bridgehead atoms. The standard InChI is InChI=1S/C16H23NO2.ClH/c1-2-3-4-5-6-7-14-10-12-8-9-13(16(18)19)11-15(12)17-14;/h8-9,11,14,17H,2-7,10H2,1H3,(H,18,19);1H/t14-;/m0./s1. The first-order valence-electron chi connectivity index (χ1n) is 7.33. The van der Waals surface area contributed by atoms with E-state index in [1.54, 1.807) is 12.1 Å². The van der Waals surface area contributed by atoms with Crippen LogP contribution in [0.4, 0.5) is 5.69 Å². The van der Waals surface area contributed by atoms with E-state index in [0.717, 1.165) is 12.1 Å². The molecule has 20 heavy (non-hydrogen) atoms. The molecule has 1 aromatic carbocycles. The number of hydrogen-bond acceptors (Lipinski definition) is 2. The van der Waals surface area contributed by atoms with Gasteiger partial charge in [0.15, 0.2) is 0 Å². The van der Waals surface area contributed by atoms with Gasteiger partial charge >= 0.3 is 5.97 Å². The minimum Gasteiger partial charge on any atom is -0.478 e. The Balaban J connectivity index is 0.00000200. The lowest BCUT2D eigenvalue weighted by Gasteiger charge is -2.10. The van der Waals surface area contributed by atoms with Crippen LogP contribution in [0.25, 0.3) is 0 Å². The highest BCUT2D eigenvalue weighted by molar-refractivity contribution is 5.89. The van der Waals surface area contributed by atoms with Crippen LogP contribution >= 0.6 is 12.4 Å². The van der Waals surface area contributed by atoms with Crippen molar-refractivity contribution in [3.05, 3.63) is 29.3 Å². The second kappa shape index (κ2) is 8.15. The molecular formula is C16H24ClNO2. The van der Waals surface area contributed by atoms with Crippen molar-refractivity contribution in [1.29, 1.82) is 0 Å². The van der Waals surface area contributed by atoms with E-state index in [9.17, 15) is 4.79 Å². The molecule has 0 saturated heterocycles. The monoisotopic (exact) mass is 297 g/mol. The summed E-state index contributed by atoms with van der Waals surface area (Å²) in [6.45, 7) is 2.23. The van der Waals surface area contributed by atoms with Gasteiger partial charge in [-0.1, -0.05) is 45.1 Å². The molecule has 0 saturated carbocycles. The zero-order chi connectivity index (χ0) is 13.7. The fourth-order valence-corrected chi connectivity index (χ4v) is 2.73. The fourth-order valence-electron chi connectivity index (χ4n) is 2.73. The van der Waals surface area contributed by atoms with Gasteiger partial charge < -0.3 is 10.4 Å². The lowest BCUT2D eigenvalue weighted by molar-refractivity contribution is 0.0697. The highest BCUT2D eigenvalue weighted by atomic mass is 35.5. The molecule has 2 rings (SSSR count). The Morgan fingerprint density at radius 2 is 2.05 bits per heavy atom. The van der Waals surface area contributed by atoms with E-state index < -0.39 is 5.97 Å². The number of fused-ring (bicyclic) bond motifs is 1. The van der Waals surface area contributed by atoms with Crippen molar-refractivity contribution in [2.24, 2.45) is 0 Å². The first kappa shape index (κ1) is 16.8. The molecule has 1 aliphatic rings. The summed E-state index contributed by atoms with van der Waals surface area (Å²) in [5.41, 5.74) is 2.64. The van der Waals surface area contributed by atoms with Gasteiger partial charge in [0.25, 0.3) is 0 Å². The average molecular weight is 298 g/mol. The number of unbranched alkanes of at least 4 members (excludes halogenated alkanes) is 4. The fraction of sp³-hybridized carbons (Fsp3) is 0.562. The summed E-state index contributed by atoms with van der Waals surface area (Å²) in [5, 5.41) is 12.4. The normalized spacial score (nSPS) is 16.1. The maximum absolute atomic E-state index is 10.9. The van der Waals surface area contributed by atoms with Crippen LogP contribution in [0.3, 0.4) is 0 Å². The van der Waals surface area contributed by atoms with Gasteiger partial charge in [0, 0.05) is 11.7 Å². The van der Waals surface area contributed by atoms with Gasteiger partial charge in [0.2, 0.25) is 0 Å². The van der Waals surface area contributed by atoms with Crippen LogP contribution in [-0.4, -0.2) is 17.1 Å². The lowest BCUT2D eigenvalue weighted by Crippen LogP contribution is -2.14. The van der Waals surface area contributed by atoms with Gasteiger partial charge in [-0.25, -0.2) is 4.79 Å². The van der Waals surface area contributed by atoms with Crippen molar-refractivity contribution < 1.29 is 9.90 Å². The van der Waals surface area contributed by atoms with Gasteiger partial charge in [0.05, 0.1) is 5.56 Å². The molecule has 3 nitrogen and oxygen atoms in total. The molecule has 1 aromatic rings. The molecule has 0 fully saturated rings. The van der Waals surface area contributed by atoms with Gasteiger partial charge in [-0.3, -0.25) is 0 Å². The maximum Gasteiger partial charge on any atom is 0.335 e. The number of nitrogens with one attached hydrogen (secondary N) is 1. The molecule has 2 N–H and O–H groups in total. The summed E-state index contributed by atoms with van der Waals surface area (Å²) < 4.78 is 0. The number of carbonyl (C=O) groups is 1. The minimum absolute atomic E-state index is 0. The predicted molar refractivity (Wildman–Crippen MR) is 85.1 cm³/mol. The Hall–Kier alpha value is -1.22. The molecule has 1 heterocycles. The van der Waals surface area contributed by atoms with E-state index in [4.69, 9.17) is 5.11 Å². The number of carboxylic acids is 1. The summed E-state index contributed by atoms with van der Waals surface area (Å²) in [6.07, 6.45) is 8.73. The summed E-state index contributed by atoms with van der Waals surface area (Å²) in [7, 11) is 0. The van der Waals surface area contributed by atoms with Crippen LogP contribution in [0.5, 0.6) is 0 Å². The number of benzene rings is 1. The van der Waals surface area contributed by atoms with Gasteiger partial charge in [-0.15, -0.1) is 12.4 Å². The second-order valence-electron chi connectivity index (χ2n) is 5.43. The summed E-state index contributed by atoms with van der Waals surface area (Å²) in [6, 6.07) is 5.89. The Kier molecular flexibility index (Phi) is 6.86. The van der Waals surface area contributed by atoms with E-state index >= 15 is 0 Å². The molecule has 0 spiro atoms. The predicted octanol–water partition coefficient (Wildman–Crippen LogP) is 4.50. The van der Waals surface area contributed by atoms with Crippen molar-refractivity contribution in [1.82, 2.24) is 0 Å². The first-order chi connectivity index (χ1) is 9.20. The molecule has 1 aliphatic heterocycles. The van der Waals surface area contributed by atoms with E-state index in [1.165, 1.54) is 44.1 Å². The number of anilines is 1. The molecular weight excluding hydrogens is 274 g/mol. The van der Waals surface area contributed by atoms with E-state index in [2.05, 4.69) is 12.2 Å². The zero-order valence-corrected chi connectivity index (χ0v) is 12.8.